The number of nitrogens with zero attached hydrogens (tertiary/aromatic N) is 2. The summed E-state index contributed by atoms with van der Waals surface area (Å²) in [5.41, 5.74) is 0.355. The molecule has 4 aliphatic carbocycles. The van der Waals surface area contributed by atoms with Gasteiger partial charge in [-0.1, -0.05) is 79.7 Å². The Balaban J connectivity index is 1.16. The molecule has 2 aliphatic heterocycles. The molecule has 6 aliphatic rings. The average molecular weight is 752 g/mol. The number of alkyl carbamates (subject to hydrolysis) is 1. The summed E-state index contributed by atoms with van der Waals surface area (Å²) in [5.74, 6) is -1.94. The first-order valence-electron chi connectivity index (χ1n) is 19.7. The molecule has 13 nitrogen and oxygen atoms in total. The number of ether oxygens (including phenoxy) is 1. The van der Waals surface area contributed by atoms with Crippen molar-refractivity contribution in [2.45, 2.75) is 144 Å². The number of allylic oxidation sites excluding steroid dienone is 1. The molecule has 288 valence electrons. The van der Waals surface area contributed by atoms with Crippen molar-refractivity contribution in [1.29, 1.82) is 0 Å². The summed E-state index contributed by atoms with van der Waals surface area (Å²) in [6, 6.07) is 7.93. The lowest BCUT2D eigenvalue weighted by Gasteiger charge is -2.30. The standard InChI is InChI=1S/C39H53N5O8S/c45-35-33-23-30(52-42-34(26-13-6-4-7-14-26)27-15-8-5-9-16-27)25-44(33)36(46)32(40-38(48)51-29-18-12-19-29)20-11-3-1-2-10-17-28-24-39(28,41-35)37(47)43-53(49,50)31-21-22-31/h4,6-7,10,13-14,17,27-33H,1-3,5,8-9,11-12,15-16,18-25H2,(H,40,48)(H,41,45)(H,43,47)/b17-10-,42-34-/t28-,30-,32+,33+,39?/m1/s1. The third kappa shape index (κ3) is 8.90. The van der Waals surface area contributed by atoms with Crippen molar-refractivity contribution in [3.8, 4) is 0 Å². The zero-order chi connectivity index (χ0) is 37.0. The zero-order valence-corrected chi connectivity index (χ0v) is 31.2. The number of carbonyl (C=O) groups is 4. The first-order chi connectivity index (χ1) is 25.6. The molecule has 0 aromatic heterocycles. The van der Waals surface area contributed by atoms with E-state index < -0.39 is 68.7 Å². The maximum Gasteiger partial charge on any atom is 0.408 e. The third-order valence-electron chi connectivity index (χ3n) is 11.8. The highest BCUT2D eigenvalue weighted by Crippen LogP contribution is 2.46. The molecule has 4 saturated carbocycles. The van der Waals surface area contributed by atoms with E-state index in [0.29, 0.717) is 25.7 Å². The summed E-state index contributed by atoms with van der Waals surface area (Å²) in [7, 11) is -3.87. The summed E-state index contributed by atoms with van der Waals surface area (Å²) in [4.78, 5) is 63.2. The van der Waals surface area contributed by atoms with Crippen molar-refractivity contribution in [1.82, 2.24) is 20.3 Å². The second kappa shape index (κ2) is 16.2. The van der Waals surface area contributed by atoms with E-state index in [9.17, 15) is 27.6 Å². The van der Waals surface area contributed by atoms with E-state index in [0.717, 1.165) is 75.5 Å². The highest BCUT2D eigenvalue weighted by atomic mass is 32.2. The lowest BCUT2D eigenvalue weighted by molar-refractivity contribution is -0.141. The fourth-order valence-electron chi connectivity index (χ4n) is 8.13. The highest BCUT2D eigenvalue weighted by Gasteiger charge is 2.62. The van der Waals surface area contributed by atoms with Crippen LogP contribution in [0.5, 0.6) is 0 Å². The maximum atomic E-state index is 14.5. The maximum absolute atomic E-state index is 14.5. The van der Waals surface area contributed by atoms with Gasteiger partial charge in [0.25, 0.3) is 5.91 Å². The Kier molecular flexibility index (Phi) is 11.4. The lowest BCUT2D eigenvalue weighted by Crippen LogP contribution is -2.58. The van der Waals surface area contributed by atoms with Crippen molar-refractivity contribution in [2.24, 2.45) is 17.0 Å². The Labute approximate surface area is 312 Å². The fourth-order valence-corrected chi connectivity index (χ4v) is 9.50. The SMILES string of the molecule is O=C(N[C@H]1CCCCC/C=C\[C@@H]2CC2(C(=O)NS(=O)(=O)C2CC2)NC(=O)[C@@H]2C[C@@H](O/N=C(/c3ccccc3)C3CCCCC3)CN2C1=O)OC1CCC1. The quantitative estimate of drug-likeness (QED) is 0.187. The number of fused-ring (bicyclic) bond motifs is 2. The van der Waals surface area contributed by atoms with Gasteiger partial charge in [0.2, 0.25) is 21.8 Å². The summed E-state index contributed by atoms with van der Waals surface area (Å²) in [6.07, 6.45) is 15.1. The van der Waals surface area contributed by atoms with E-state index in [1.165, 1.54) is 11.3 Å². The molecular formula is C39H53N5O8S. The summed E-state index contributed by atoms with van der Waals surface area (Å²) in [6.45, 7) is 0.0433. The van der Waals surface area contributed by atoms with Gasteiger partial charge in [-0.25, -0.2) is 13.2 Å². The van der Waals surface area contributed by atoms with Gasteiger partial charge in [-0.2, -0.15) is 0 Å². The van der Waals surface area contributed by atoms with Crippen LogP contribution in [-0.2, 0) is 34.0 Å². The van der Waals surface area contributed by atoms with Gasteiger partial charge in [-0.05, 0) is 76.2 Å². The second-order valence-corrected chi connectivity index (χ2v) is 17.8. The number of hydrogen-bond acceptors (Lipinski definition) is 9. The third-order valence-corrected chi connectivity index (χ3v) is 13.6. The molecule has 3 N–H and O–H groups in total. The Morgan fingerprint density at radius 1 is 0.887 bits per heavy atom. The van der Waals surface area contributed by atoms with Crippen LogP contribution >= 0.6 is 0 Å². The summed E-state index contributed by atoms with van der Waals surface area (Å²) >= 11 is 0. The predicted octanol–water partition coefficient (Wildman–Crippen LogP) is 4.61. The van der Waals surface area contributed by atoms with E-state index in [2.05, 4.69) is 15.4 Å². The molecule has 53 heavy (non-hydrogen) atoms. The van der Waals surface area contributed by atoms with Crippen molar-refractivity contribution in [3.63, 3.8) is 0 Å². The van der Waals surface area contributed by atoms with Gasteiger partial charge in [0.1, 0.15) is 29.8 Å². The molecule has 4 amide bonds. The van der Waals surface area contributed by atoms with Gasteiger partial charge in [0, 0.05) is 18.3 Å². The van der Waals surface area contributed by atoms with Gasteiger partial charge in [0.05, 0.1) is 17.5 Å². The smallest absolute Gasteiger partial charge is 0.408 e. The van der Waals surface area contributed by atoms with Gasteiger partial charge in [0.15, 0.2) is 0 Å². The van der Waals surface area contributed by atoms with Crippen LogP contribution in [0.3, 0.4) is 0 Å². The van der Waals surface area contributed by atoms with E-state index in [1.54, 1.807) is 0 Å². The van der Waals surface area contributed by atoms with Gasteiger partial charge in [-0.3, -0.25) is 19.1 Å². The number of oxime groups is 1. The molecule has 7 rings (SSSR count). The minimum atomic E-state index is -3.87. The lowest BCUT2D eigenvalue weighted by atomic mass is 9.83. The van der Waals surface area contributed by atoms with Crippen LogP contribution in [-0.4, -0.2) is 84.5 Å². The van der Waals surface area contributed by atoms with Crippen molar-refractivity contribution < 1.29 is 37.2 Å². The molecule has 1 aromatic rings. The number of hydrogen-bond donors (Lipinski definition) is 3. The zero-order valence-electron chi connectivity index (χ0n) is 30.4. The molecular weight excluding hydrogens is 699 g/mol. The summed E-state index contributed by atoms with van der Waals surface area (Å²) in [5, 5.41) is 9.82. The minimum Gasteiger partial charge on any atom is -0.446 e. The average Bonchev–Trinajstić information content (AvgIpc) is 4.06. The molecule has 1 aromatic carbocycles. The first-order valence-corrected chi connectivity index (χ1v) is 21.3. The van der Waals surface area contributed by atoms with E-state index >= 15 is 0 Å². The monoisotopic (exact) mass is 751 g/mol. The predicted molar refractivity (Wildman–Crippen MR) is 197 cm³/mol. The van der Waals surface area contributed by atoms with Crippen molar-refractivity contribution in [3.05, 3.63) is 48.0 Å². The normalized spacial score (nSPS) is 31.0. The largest absolute Gasteiger partial charge is 0.446 e. The Hall–Kier alpha value is -3.94. The number of amides is 4. The van der Waals surface area contributed by atoms with Crippen LogP contribution < -0.4 is 15.4 Å². The Morgan fingerprint density at radius 3 is 2.34 bits per heavy atom. The first kappa shape index (κ1) is 37.4. The topological polar surface area (TPSA) is 173 Å². The fraction of sp³-hybridized carbons (Fsp3) is 0.667. The van der Waals surface area contributed by atoms with E-state index in [4.69, 9.17) is 14.7 Å². The molecule has 0 radical (unpaired) electrons. The number of rotatable bonds is 9. The summed E-state index contributed by atoms with van der Waals surface area (Å²) < 4.78 is 33.5. The van der Waals surface area contributed by atoms with Crippen LogP contribution in [0.1, 0.15) is 115 Å². The van der Waals surface area contributed by atoms with E-state index in [1.807, 2.05) is 42.5 Å². The van der Waals surface area contributed by atoms with Crippen LogP contribution in [0.2, 0.25) is 0 Å². The van der Waals surface area contributed by atoms with Gasteiger partial charge in [-0.15, -0.1) is 0 Å². The van der Waals surface area contributed by atoms with Crippen LogP contribution in [0.15, 0.2) is 47.6 Å². The molecule has 0 spiro atoms. The number of benzene rings is 1. The Morgan fingerprint density at radius 2 is 1.62 bits per heavy atom. The molecule has 2 heterocycles. The van der Waals surface area contributed by atoms with E-state index in [-0.39, 0.29) is 31.4 Å². The van der Waals surface area contributed by atoms with Crippen LogP contribution in [0.4, 0.5) is 4.79 Å². The molecule has 1 unspecified atom stereocenters. The number of carbonyl (C=O) groups excluding carboxylic acids is 4. The highest BCUT2D eigenvalue weighted by molar-refractivity contribution is 7.91. The number of nitrogens with one attached hydrogen (secondary N) is 3. The van der Waals surface area contributed by atoms with Crippen molar-refractivity contribution >= 4 is 39.5 Å². The molecule has 0 bridgehead atoms. The molecule has 1 saturated heterocycles. The number of sulfonamides is 1. The molecule has 5 fully saturated rings. The van der Waals surface area contributed by atoms with Gasteiger partial charge < -0.3 is 25.1 Å². The minimum absolute atomic E-state index is 0.0433. The van der Waals surface area contributed by atoms with Crippen LogP contribution in [0.25, 0.3) is 0 Å². The molecule has 5 atom stereocenters. The Bertz CT molecular complexity index is 1690. The molecule has 14 heteroatoms. The van der Waals surface area contributed by atoms with Crippen molar-refractivity contribution in [2.75, 3.05) is 6.54 Å². The van der Waals surface area contributed by atoms with Crippen LogP contribution in [0, 0.1) is 11.8 Å². The van der Waals surface area contributed by atoms with Gasteiger partial charge >= 0.3 is 6.09 Å². The second-order valence-electron chi connectivity index (χ2n) is 15.8.